The van der Waals surface area contributed by atoms with Crippen molar-refractivity contribution in [2.45, 2.75) is 38.1 Å². The molecule has 2 aromatic carbocycles. The number of para-hydroxylation sites is 1. The van der Waals surface area contributed by atoms with Crippen molar-refractivity contribution in [3.63, 3.8) is 0 Å². The largest absolute Gasteiger partial charge is 0.336 e. The maximum atomic E-state index is 13.0. The van der Waals surface area contributed by atoms with Crippen LogP contribution in [-0.4, -0.2) is 18.9 Å². The van der Waals surface area contributed by atoms with E-state index < -0.39 is 10.0 Å². The number of fused-ring (bicyclic) bond motifs is 1. The van der Waals surface area contributed by atoms with Crippen molar-refractivity contribution in [3.8, 4) is 0 Å². The fourth-order valence-corrected chi connectivity index (χ4v) is 3.75. The first-order valence-electron chi connectivity index (χ1n) is 8.85. The average Bonchev–Trinajstić information content (AvgIpc) is 2.92. The molecule has 1 amide bonds. The number of nitrogens with two attached hydrogens (primary N) is 1. The molecular formula is C20H23N3O3S. The summed E-state index contributed by atoms with van der Waals surface area (Å²) in [4.78, 5) is 13.0. The lowest BCUT2D eigenvalue weighted by Crippen LogP contribution is -2.18. The molecule has 0 atom stereocenters. The maximum absolute atomic E-state index is 13.0. The van der Waals surface area contributed by atoms with Gasteiger partial charge in [0, 0.05) is 23.1 Å². The molecule has 0 spiro atoms. The Morgan fingerprint density at radius 1 is 1.11 bits per heavy atom. The van der Waals surface area contributed by atoms with Crippen molar-refractivity contribution in [1.82, 2.24) is 4.57 Å². The molecule has 3 rings (SSSR count). The predicted molar refractivity (Wildman–Crippen MR) is 107 cm³/mol. The summed E-state index contributed by atoms with van der Waals surface area (Å²) in [7, 11) is -3.76. The number of benzene rings is 2. The number of nitrogens with one attached hydrogen (secondary N) is 1. The van der Waals surface area contributed by atoms with Gasteiger partial charge in [0.05, 0.1) is 4.90 Å². The fourth-order valence-electron chi connectivity index (χ4n) is 3.24. The third kappa shape index (κ3) is 3.89. The Morgan fingerprint density at radius 2 is 1.78 bits per heavy atom. The highest BCUT2D eigenvalue weighted by molar-refractivity contribution is 7.89. The minimum Gasteiger partial charge on any atom is -0.336 e. The second-order valence-corrected chi connectivity index (χ2v) is 8.08. The van der Waals surface area contributed by atoms with Crippen molar-refractivity contribution in [1.29, 1.82) is 0 Å². The van der Waals surface area contributed by atoms with Crippen LogP contribution in [0.5, 0.6) is 0 Å². The van der Waals surface area contributed by atoms with E-state index in [1.54, 1.807) is 0 Å². The second kappa shape index (κ2) is 7.54. The highest BCUT2D eigenvalue weighted by atomic mass is 32.2. The number of hydrogen-bond acceptors (Lipinski definition) is 3. The molecule has 0 aliphatic rings. The quantitative estimate of drug-likeness (QED) is 0.678. The van der Waals surface area contributed by atoms with Crippen LogP contribution in [-0.2, 0) is 16.6 Å². The number of aromatic nitrogens is 1. The highest BCUT2D eigenvalue weighted by Crippen LogP contribution is 2.27. The molecule has 3 aromatic rings. The van der Waals surface area contributed by atoms with Gasteiger partial charge in [-0.05, 0) is 49.2 Å². The van der Waals surface area contributed by atoms with Gasteiger partial charge in [-0.25, -0.2) is 13.6 Å². The van der Waals surface area contributed by atoms with Gasteiger partial charge in [0.1, 0.15) is 5.69 Å². The highest BCUT2D eigenvalue weighted by Gasteiger charge is 2.20. The van der Waals surface area contributed by atoms with Crippen molar-refractivity contribution >= 4 is 32.5 Å². The Hall–Kier alpha value is -2.64. The number of sulfonamides is 1. The summed E-state index contributed by atoms with van der Waals surface area (Å²) in [6, 6.07) is 13.8. The molecule has 0 radical (unpaired) electrons. The Morgan fingerprint density at radius 3 is 2.41 bits per heavy atom. The van der Waals surface area contributed by atoms with Crippen LogP contribution in [0.15, 0.2) is 53.4 Å². The van der Waals surface area contributed by atoms with Crippen LogP contribution in [0.3, 0.4) is 0 Å². The van der Waals surface area contributed by atoms with E-state index in [4.69, 9.17) is 5.14 Å². The number of carbonyl (C=O) groups is 1. The third-order valence-corrected chi connectivity index (χ3v) is 5.54. The van der Waals surface area contributed by atoms with Gasteiger partial charge in [-0.15, -0.1) is 0 Å². The maximum Gasteiger partial charge on any atom is 0.272 e. The van der Waals surface area contributed by atoms with Gasteiger partial charge in [0.25, 0.3) is 5.91 Å². The van der Waals surface area contributed by atoms with Crippen LogP contribution in [0.1, 0.15) is 35.8 Å². The number of primary sulfonamides is 1. The molecule has 1 heterocycles. The van der Waals surface area contributed by atoms with Gasteiger partial charge in [-0.3, -0.25) is 4.79 Å². The molecule has 0 aliphatic carbocycles. The van der Waals surface area contributed by atoms with Gasteiger partial charge >= 0.3 is 0 Å². The first kappa shape index (κ1) is 19.1. The van der Waals surface area contributed by atoms with Crippen LogP contribution in [0.4, 0.5) is 5.69 Å². The number of unbranched alkanes of at least 4 members (excludes halogenated alkanes) is 1. The van der Waals surface area contributed by atoms with E-state index in [1.165, 1.54) is 24.3 Å². The van der Waals surface area contributed by atoms with E-state index in [1.807, 2.05) is 31.2 Å². The summed E-state index contributed by atoms with van der Waals surface area (Å²) in [6.45, 7) is 4.83. The Bertz CT molecular complexity index is 1080. The molecular weight excluding hydrogens is 362 g/mol. The van der Waals surface area contributed by atoms with Gasteiger partial charge in [0.2, 0.25) is 10.0 Å². The van der Waals surface area contributed by atoms with Crippen LogP contribution in [0, 0.1) is 6.92 Å². The number of rotatable bonds is 6. The van der Waals surface area contributed by atoms with Crippen LogP contribution in [0.25, 0.3) is 10.9 Å². The Labute approximate surface area is 159 Å². The first-order valence-corrected chi connectivity index (χ1v) is 10.4. The van der Waals surface area contributed by atoms with E-state index in [0.717, 1.165) is 35.9 Å². The van der Waals surface area contributed by atoms with Crippen molar-refractivity contribution < 1.29 is 13.2 Å². The third-order valence-electron chi connectivity index (χ3n) is 4.62. The lowest BCUT2D eigenvalue weighted by molar-refractivity contribution is 0.101. The van der Waals surface area contributed by atoms with E-state index in [0.29, 0.717) is 11.4 Å². The van der Waals surface area contributed by atoms with Gasteiger partial charge < -0.3 is 9.88 Å². The summed E-state index contributed by atoms with van der Waals surface area (Å²) in [6.07, 6.45) is 2.00. The van der Waals surface area contributed by atoms with Crippen LogP contribution < -0.4 is 10.5 Å². The van der Waals surface area contributed by atoms with Crippen molar-refractivity contribution in [3.05, 3.63) is 59.8 Å². The SMILES string of the molecule is CCCCn1c(C(=O)Nc2ccc(S(N)(=O)=O)cc2)c(C)c2ccccc21. The monoisotopic (exact) mass is 385 g/mol. The zero-order chi connectivity index (χ0) is 19.6. The molecule has 142 valence electrons. The summed E-state index contributed by atoms with van der Waals surface area (Å²) in [5, 5.41) is 9.03. The number of carbonyl (C=O) groups excluding carboxylic acids is 1. The lowest BCUT2D eigenvalue weighted by atomic mass is 10.1. The van der Waals surface area contributed by atoms with Gasteiger partial charge in [-0.2, -0.15) is 0 Å². The molecule has 27 heavy (non-hydrogen) atoms. The molecule has 0 saturated heterocycles. The fraction of sp³-hybridized carbons (Fsp3) is 0.250. The Balaban J connectivity index is 1.96. The average molecular weight is 385 g/mol. The first-order chi connectivity index (χ1) is 12.8. The zero-order valence-electron chi connectivity index (χ0n) is 15.4. The van der Waals surface area contributed by atoms with Gasteiger partial charge in [0.15, 0.2) is 0 Å². The van der Waals surface area contributed by atoms with E-state index in [9.17, 15) is 13.2 Å². The molecule has 3 N–H and O–H groups in total. The summed E-state index contributed by atoms with van der Waals surface area (Å²) in [5.74, 6) is -0.219. The Kier molecular flexibility index (Phi) is 5.34. The minimum atomic E-state index is -3.76. The molecule has 0 fully saturated rings. The number of aryl methyl sites for hydroxylation is 2. The van der Waals surface area contributed by atoms with E-state index >= 15 is 0 Å². The molecule has 0 bridgehead atoms. The van der Waals surface area contributed by atoms with E-state index in [2.05, 4.69) is 16.8 Å². The number of anilines is 1. The number of amides is 1. The number of hydrogen-bond donors (Lipinski definition) is 2. The minimum absolute atomic E-state index is 0.00809. The zero-order valence-corrected chi connectivity index (χ0v) is 16.2. The molecule has 0 saturated carbocycles. The van der Waals surface area contributed by atoms with Gasteiger partial charge in [-0.1, -0.05) is 31.5 Å². The van der Waals surface area contributed by atoms with Crippen molar-refractivity contribution in [2.75, 3.05) is 5.32 Å². The summed E-state index contributed by atoms with van der Waals surface area (Å²) < 4.78 is 24.8. The lowest BCUT2D eigenvalue weighted by Gasteiger charge is -2.12. The topological polar surface area (TPSA) is 94.2 Å². The summed E-state index contributed by atoms with van der Waals surface area (Å²) in [5.41, 5.74) is 3.11. The molecule has 1 aromatic heterocycles. The molecule has 0 aliphatic heterocycles. The smallest absolute Gasteiger partial charge is 0.272 e. The molecule has 7 heteroatoms. The molecule has 0 unspecified atom stereocenters. The molecule has 6 nitrogen and oxygen atoms in total. The van der Waals surface area contributed by atoms with Crippen LogP contribution in [0.2, 0.25) is 0 Å². The van der Waals surface area contributed by atoms with Crippen molar-refractivity contribution in [2.24, 2.45) is 5.14 Å². The standard InChI is InChI=1S/C20H23N3O3S/c1-3-4-13-23-18-8-6-5-7-17(18)14(2)19(23)20(24)22-15-9-11-16(12-10-15)27(21,25)26/h5-12H,3-4,13H2,1-2H3,(H,22,24)(H2,21,25,26). The second-order valence-electron chi connectivity index (χ2n) is 6.52. The van der Waals surface area contributed by atoms with Crippen LogP contribution >= 0.6 is 0 Å². The number of nitrogens with zero attached hydrogens (tertiary/aromatic N) is 1. The summed E-state index contributed by atoms with van der Waals surface area (Å²) >= 11 is 0. The predicted octanol–water partition coefficient (Wildman–Crippen LogP) is 3.65. The normalized spacial score (nSPS) is 11.7. The van der Waals surface area contributed by atoms with E-state index in [-0.39, 0.29) is 10.8 Å².